The van der Waals surface area contributed by atoms with Gasteiger partial charge in [-0.05, 0) is 47.9 Å². The Morgan fingerprint density at radius 3 is 2.00 bits per heavy atom. The van der Waals surface area contributed by atoms with Crippen LogP contribution in [0, 0.1) is 0 Å². The van der Waals surface area contributed by atoms with Crippen LogP contribution in [0.15, 0.2) is 96.7 Å². The molecule has 0 unspecified atom stereocenters. The monoisotopic (exact) mass is 327 g/mol. The molecular formula is C23H21NO. The van der Waals surface area contributed by atoms with Gasteiger partial charge in [-0.3, -0.25) is 0 Å². The summed E-state index contributed by atoms with van der Waals surface area (Å²) < 4.78 is 5.91. The van der Waals surface area contributed by atoms with Crippen LogP contribution in [0.1, 0.15) is 12.0 Å². The molecule has 0 atom stereocenters. The zero-order chi connectivity index (χ0) is 16.9. The molecule has 1 heterocycles. The Morgan fingerprint density at radius 2 is 1.32 bits per heavy atom. The third-order valence-corrected chi connectivity index (χ3v) is 4.45. The largest absolute Gasteiger partial charge is 0.493 e. The summed E-state index contributed by atoms with van der Waals surface area (Å²) in [4.78, 5) is 2.27. The van der Waals surface area contributed by atoms with Gasteiger partial charge in [-0.25, -0.2) is 0 Å². The molecule has 3 aromatic rings. The van der Waals surface area contributed by atoms with Gasteiger partial charge < -0.3 is 9.64 Å². The zero-order valence-electron chi connectivity index (χ0n) is 14.1. The van der Waals surface area contributed by atoms with Crippen LogP contribution in [-0.4, -0.2) is 6.61 Å². The molecule has 4 rings (SSSR count). The number of hydrogen-bond donors (Lipinski definition) is 0. The number of fused-ring (bicyclic) bond motifs is 1. The number of rotatable bonds is 3. The van der Waals surface area contributed by atoms with Crippen molar-refractivity contribution < 1.29 is 4.74 Å². The van der Waals surface area contributed by atoms with Crippen molar-refractivity contribution in [2.45, 2.75) is 12.8 Å². The van der Waals surface area contributed by atoms with Crippen molar-refractivity contribution in [1.29, 1.82) is 0 Å². The van der Waals surface area contributed by atoms with Crippen LogP contribution < -0.4 is 9.64 Å². The van der Waals surface area contributed by atoms with Gasteiger partial charge in [0.25, 0.3) is 0 Å². The molecule has 0 spiro atoms. The van der Waals surface area contributed by atoms with Crippen LogP contribution in [0.3, 0.4) is 0 Å². The zero-order valence-corrected chi connectivity index (χ0v) is 14.1. The smallest absolute Gasteiger partial charge is 0.122 e. The summed E-state index contributed by atoms with van der Waals surface area (Å²) in [6, 6.07) is 29.3. The molecule has 0 aliphatic carbocycles. The molecule has 0 radical (unpaired) electrons. The molecule has 2 nitrogen and oxygen atoms in total. The standard InChI is InChI=1S/C23H21NO/c1-3-10-21(11-4-1)24(22-12-5-2-6-13-22)18-19-15-16-25-23-14-8-7-9-20(23)17-19/h1-14,18H,15-17H2/b19-18+. The van der Waals surface area contributed by atoms with Gasteiger partial charge in [0.1, 0.15) is 5.75 Å². The molecule has 0 aromatic heterocycles. The van der Waals surface area contributed by atoms with Crippen LogP contribution in [-0.2, 0) is 6.42 Å². The first-order valence-corrected chi connectivity index (χ1v) is 8.70. The molecule has 0 fully saturated rings. The Bertz CT molecular complexity index is 816. The second kappa shape index (κ2) is 7.27. The normalized spacial score (nSPS) is 15.1. The highest BCUT2D eigenvalue weighted by molar-refractivity contribution is 5.66. The van der Waals surface area contributed by atoms with Crippen molar-refractivity contribution in [3.63, 3.8) is 0 Å². The molecular weight excluding hydrogens is 306 g/mol. The van der Waals surface area contributed by atoms with Gasteiger partial charge in [0.15, 0.2) is 0 Å². The highest BCUT2D eigenvalue weighted by Gasteiger charge is 2.14. The van der Waals surface area contributed by atoms with Crippen molar-refractivity contribution in [2.24, 2.45) is 0 Å². The lowest BCUT2D eigenvalue weighted by Gasteiger charge is -2.22. The SMILES string of the molecule is C(=C1/CCOc2ccccc2C1)/N(c1ccccc1)c1ccccc1. The van der Waals surface area contributed by atoms with Gasteiger partial charge in [0.05, 0.1) is 6.61 Å². The summed E-state index contributed by atoms with van der Waals surface area (Å²) in [6.45, 7) is 0.722. The van der Waals surface area contributed by atoms with Crippen LogP contribution in [0.4, 0.5) is 11.4 Å². The minimum absolute atomic E-state index is 0.722. The van der Waals surface area contributed by atoms with E-state index in [1.54, 1.807) is 0 Å². The van der Waals surface area contributed by atoms with E-state index in [0.29, 0.717) is 0 Å². The summed E-state index contributed by atoms with van der Waals surface area (Å²) >= 11 is 0. The quantitative estimate of drug-likeness (QED) is 0.609. The molecule has 0 bridgehead atoms. The molecule has 25 heavy (non-hydrogen) atoms. The second-order valence-corrected chi connectivity index (χ2v) is 6.21. The number of ether oxygens (including phenoxy) is 1. The summed E-state index contributed by atoms with van der Waals surface area (Å²) in [5.41, 5.74) is 4.96. The number of hydrogen-bond acceptors (Lipinski definition) is 2. The lowest BCUT2D eigenvalue weighted by molar-refractivity contribution is 0.326. The van der Waals surface area contributed by atoms with E-state index >= 15 is 0 Å². The van der Waals surface area contributed by atoms with E-state index in [1.807, 2.05) is 6.07 Å². The molecule has 0 N–H and O–H groups in total. The fourth-order valence-corrected chi connectivity index (χ4v) is 3.18. The Kier molecular flexibility index (Phi) is 4.51. The van der Waals surface area contributed by atoms with E-state index in [0.717, 1.165) is 25.2 Å². The van der Waals surface area contributed by atoms with E-state index in [4.69, 9.17) is 4.74 Å². The summed E-state index contributed by atoms with van der Waals surface area (Å²) in [6.07, 6.45) is 4.13. The fourth-order valence-electron chi connectivity index (χ4n) is 3.18. The molecule has 0 saturated carbocycles. The Morgan fingerprint density at radius 1 is 0.720 bits per heavy atom. The number of benzene rings is 3. The highest BCUT2D eigenvalue weighted by atomic mass is 16.5. The van der Waals surface area contributed by atoms with Crippen molar-refractivity contribution >= 4 is 11.4 Å². The molecule has 124 valence electrons. The number of para-hydroxylation sites is 3. The summed E-state index contributed by atoms with van der Waals surface area (Å²) in [7, 11) is 0. The third kappa shape index (κ3) is 3.58. The van der Waals surface area contributed by atoms with Crippen LogP contribution in [0.25, 0.3) is 0 Å². The van der Waals surface area contributed by atoms with Crippen LogP contribution in [0.2, 0.25) is 0 Å². The van der Waals surface area contributed by atoms with Crippen LogP contribution in [0.5, 0.6) is 5.75 Å². The molecule has 0 saturated heterocycles. The Hall–Kier alpha value is -3.00. The predicted molar refractivity (Wildman–Crippen MR) is 103 cm³/mol. The highest BCUT2D eigenvalue weighted by Crippen LogP contribution is 2.30. The minimum Gasteiger partial charge on any atom is -0.493 e. The molecule has 2 heteroatoms. The van der Waals surface area contributed by atoms with Gasteiger partial charge in [-0.1, -0.05) is 54.6 Å². The predicted octanol–water partition coefficient (Wildman–Crippen LogP) is 5.73. The maximum atomic E-state index is 5.91. The average Bonchev–Trinajstić information content (AvgIpc) is 2.89. The second-order valence-electron chi connectivity index (χ2n) is 6.21. The van der Waals surface area contributed by atoms with Crippen molar-refractivity contribution in [1.82, 2.24) is 0 Å². The molecule has 3 aromatic carbocycles. The van der Waals surface area contributed by atoms with Crippen molar-refractivity contribution in [3.05, 3.63) is 102 Å². The van der Waals surface area contributed by atoms with E-state index in [2.05, 4.69) is 90.0 Å². The van der Waals surface area contributed by atoms with Crippen LogP contribution >= 0.6 is 0 Å². The lowest BCUT2D eigenvalue weighted by atomic mass is 10.0. The Balaban J connectivity index is 1.72. The van der Waals surface area contributed by atoms with E-state index in [1.165, 1.54) is 22.5 Å². The molecule has 0 amide bonds. The first-order valence-electron chi connectivity index (χ1n) is 8.70. The average molecular weight is 327 g/mol. The number of anilines is 2. The van der Waals surface area contributed by atoms with Gasteiger partial charge >= 0.3 is 0 Å². The van der Waals surface area contributed by atoms with Gasteiger partial charge in [-0.2, -0.15) is 0 Å². The summed E-state index contributed by atoms with van der Waals surface area (Å²) in [5, 5.41) is 0. The van der Waals surface area contributed by atoms with E-state index in [-0.39, 0.29) is 0 Å². The van der Waals surface area contributed by atoms with E-state index < -0.39 is 0 Å². The number of nitrogens with zero attached hydrogens (tertiary/aromatic N) is 1. The van der Waals surface area contributed by atoms with Gasteiger partial charge in [0.2, 0.25) is 0 Å². The van der Waals surface area contributed by atoms with Gasteiger partial charge in [0, 0.05) is 24.0 Å². The lowest BCUT2D eigenvalue weighted by Crippen LogP contribution is -2.10. The fraction of sp³-hybridized carbons (Fsp3) is 0.130. The van der Waals surface area contributed by atoms with Gasteiger partial charge in [-0.15, -0.1) is 0 Å². The summed E-state index contributed by atoms with van der Waals surface area (Å²) in [5.74, 6) is 1.01. The third-order valence-electron chi connectivity index (χ3n) is 4.45. The van der Waals surface area contributed by atoms with Crippen molar-refractivity contribution in [2.75, 3.05) is 11.5 Å². The molecule has 1 aliphatic heterocycles. The topological polar surface area (TPSA) is 12.5 Å². The maximum Gasteiger partial charge on any atom is 0.122 e. The maximum absolute atomic E-state index is 5.91. The Labute approximate surface area is 149 Å². The van der Waals surface area contributed by atoms with Crippen molar-refractivity contribution in [3.8, 4) is 5.75 Å². The molecule has 1 aliphatic rings. The van der Waals surface area contributed by atoms with E-state index in [9.17, 15) is 0 Å². The first kappa shape index (κ1) is 15.5. The minimum atomic E-state index is 0.722. The first-order chi connectivity index (χ1) is 12.4.